The summed E-state index contributed by atoms with van der Waals surface area (Å²) < 4.78 is 18.0. The molecule has 7 heteroatoms. The standard InChI is InChI=1S/C15H23BrNO4P/c1-15(2,3)21-14(19)17-13(9-18)11-7-6-10(8-12(11)16)22(4,5)20/h6-8,13,18H,9H2,1-5H3,(H,17,19)/t13-/m1/s1. The third-order valence-electron chi connectivity index (χ3n) is 2.85. The zero-order chi connectivity index (χ0) is 17.1. The Balaban J connectivity index is 2.97. The fourth-order valence-electron chi connectivity index (χ4n) is 1.81. The molecular weight excluding hydrogens is 369 g/mol. The molecule has 0 heterocycles. The molecule has 1 aromatic carbocycles. The number of rotatable bonds is 4. The molecule has 0 aromatic heterocycles. The van der Waals surface area contributed by atoms with Gasteiger partial charge in [-0.2, -0.15) is 0 Å². The molecule has 5 nitrogen and oxygen atoms in total. The van der Waals surface area contributed by atoms with Crippen molar-refractivity contribution in [2.45, 2.75) is 32.4 Å². The van der Waals surface area contributed by atoms with Crippen LogP contribution in [0.3, 0.4) is 0 Å². The van der Waals surface area contributed by atoms with E-state index in [1.54, 1.807) is 52.3 Å². The van der Waals surface area contributed by atoms with Gasteiger partial charge in [0.1, 0.15) is 12.7 Å². The van der Waals surface area contributed by atoms with Gasteiger partial charge in [-0.3, -0.25) is 0 Å². The first kappa shape index (κ1) is 19.2. The van der Waals surface area contributed by atoms with E-state index < -0.39 is 24.9 Å². The molecule has 0 aliphatic carbocycles. The van der Waals surface area contributed by atoms with Crippen LogP contribution in [0.25, 0.3) is 0 Å². The maximum absolute atomic E-state index is 12.1. The zero-order valence-corrected chi connectivity index (χ0v) is 16.0. The second kappa shape index (κ2) is 7.16. The van der Waals surface area contributed by atoms with Gasteiger partial charge in [0.2, 0.25) is 0 Å². The lowest BCUT2D eigenvalue weighted by Gasteiger charge is -2.23. The number of amides is 1. The molecule has 0 aliphatic rings. The first-order valence-electron chi connectivity index (χ1n) is 6.89. The molecular formula is C15H23BrNO4P. The van der Waals surface area contributed by atoms with E-state index in [9.17, 15) is 14.5 Å². The fourth-order valence-corrected chi connectivity index (χ4v) is 3.51. The summed E-state index contributed by atoms with van der Waals surface area (Å²) in [6, 6.07) is 4.65. The topological polar surface area (TPSA) is 75.6 Å². The SMILES string of the molecule is CC(C)(C)OC(=O)N[C@H](CO)c1ccc(P(C)(C)=O)cc1Br. The van der Waals surface area contributed by atoms with Crippen LogP contribution in [0.1, 0.15) is 32.4 Å². The normalized spacial score (nSPS) is 13.6. The molecule has 1 amide bonds. The van der Waals surface area contributed by atoms with Crippen LogP contribution in [0, 0.1) is 0 Å². The Morgan fingerprint density at radius 3 is 2.41 bits per heavy atom. The monoisotopic (exact) mass is 391 g/mol. The van der Waals surface area contributed by atoms with Crippen LogP contribution >= 0.6 is 23.1 Å². The average molecular weight is 392 g/mol. The Labute approximate surface area is 139 Å². The molecule has 2 N–H and O–H groups in total. The van der Waals surface area contributed by atoms with Crippen LogP contribution in [0.5, 0.6) is 0 Å². The van der Waals surface area contributed by atoms with Crippen LogP contribution in [0.15, 0.2) is 22.7 Å². The molecule has 0 aliphatic heterocycles. The van der Waals surface area contributed by atoms with E-state index in [-0.39, 0.29) is 6.61 Å². The highest BCUT2D eigenvalue weighted by molar-refractivity contribution is 9.10. The second-order valence-corrected chi connectivity index (χ2v) is 10.5. The molecule has 22 heavy (non-hydrogen) atoms. The number of carbonyl (C=O) groups is 1. The predicted octanol–water partition coefficient (Wildman–Crippen LogP) is 3.26. The van der Waals surface area contributed by atoms with E-state index in [1.807, 2.05) is 0 Å². The summed E-state index contributed by atoms with van der Waals surface area (Å²) in [6.45, 7) is 8.42. The number of hydrogen-bond acceptors (Lipinski definition) is 4. The number of benzene rings is 1. The smallest absolute Gasteiger partial charge is 0.408 e. The minimum atomic E-state index is -2.36. The van der Waals surface area contributed by atoms with Gasteiger partial charge in [0, 0.05) is 9.78 Å². The first-order chi connectivity index (χ1) is 9.94. The summed E-state index contributed by atoms with van der Waals surface area (Å²) in [5.41, 5.74) is 0.0907. The Bertz CT molecular complexity index is 592. The number of halogens is 1. The van der Waals surface area contributed by atoms with E-state index in [0.29, 0.717) is 10.0 Å². The van der Waals surface area contributed by atoms with E-state index in [4.69, 9.17) is 4.74 Å². The molecule has 1 atom stereocenters. The lowest BCUT2D eigenvalue weighted by atomic mass is 10.1. The number of ether oxygens (including phenoxy) is 1. The van der Waals surface area contributed by atoms with E-state index >= 15 is 0 Å². The number of aliphatic hydroxyl groups excluding tert-OH is 1. The number of hydrogen-bond donors (Lipinski definition) is 2. The molecule has 0 bridgehead atoms. The van der Waals surface area contributed by atoms with Gasteiger partial charge in [0.25, 0.3) is 0 Å². The van der Waals surface area contributed by atoms with Crippen molar-refractivity contribution < 1.29 is 19.2 Å². The minimum absolute atomic E-state index is 0.271. The van der Waals surface area contributed by atoms with Gasteiger partial charge in [0.15, 0.2) is 0 Å². The van der Waals surface area contributed by atoms with Crippen molar-refractivity contribution in [1.82, 2.24) is 5.32 Å². The third kappa shape index (κ3) is 5.75. The highest BCUT2D eigenvalue weighted by atomic mass is 79.9. The summed E-state index contributed by atoms with van der Waals surface area (Å²) in [7, 11) is -2.36. The summed E-state index contributed by atoms with van der Waals surface area (Å²) in [5, 5.41) is 12.9. The van der Waals surface area contributed by atoms with Gasteiger partial charge in [-0.15, -0.1) is 0 Å². The van der Waals surface area contributed by atoms with Gasteiger partial charge < -0.3 is 19.7 Å². The molecule has 0 spiro atoms. The maximum atomic E-state index is 12.1. The fraction of sp³-hybridized carbons (Fsp3) is 0.533. The highest BCUT2D eigenvalue weighted by Crippen LogP contribution is 2.36. The summed E-state index contributed by atoms with van der Waals surface area (Å²) in [5.74, 6) is 0. The zero-order valence-electron chi connectivity index (χ0n) is 13.5. The molecule has 0 saturated heterocycles. The van der Waals surface area contributed by atoms with Crippen LogP contribution in [-0.4, -0.2) is 36.7 Å². The predicted molar refractivity (Wildman–Crippen MR) is 92.4 cm³/mol. The third-order valence-corrected chi connectivity index (χ3v) is 5.06. The maximum Gasteiger partial charge on any atom is 0.408 e. The lowest BCUT2D eigenvalue weighted by molar-refractivity contribution is 0.0481. The van der Waals surface area contributed by atoms with Crippen LogP contribution in [0.4, 0.5) is 4.79 Å². The lowest BCUT2D eigenvalue weighted by Crippen LogP contribution is -2.36. The minimum Gasteiger partial charge on any atom is -0.444 e. The summed E-state index contributed by atoms with van der Waals surface area (Å²) >= 11 is 3.41. The average Bonchev–Trinajstić information content (AvgIpc) is 2.33. The Kier molecular flexibility index (Phi) is 6.25. The van der Waals surface area contributed by atoms with Crippen molar-refractivity contribution in [3.05, 3.63) is 28.2 Å². The highest BCUT2D eigenvalue weighted by Gasteiger charge is 2.22. The molecule has 0 fully saturated rings. The molecule has 124 valence electrons. The van der Waals surface area contributed by atoms with Gasteiger partial charge in [-0.25, -0.2) is 4.79 Å². The van der Waals surface area contributed by atoms with Crippen molar-refractivity contribution in [3.63, 3.8) is 0 Å². The number of alkyl carbamates (subject to hydrolysis) is 1. The van der Waals surface area contributed by atoms with Gasteiger partial charge in [0.05, 0.1) is 12.6 Å². The quantitative estimate of drug-likeness (QED) is 0.772. The van der Waals surface area contributed by atoms with Crippen molar-refractivity contribution in [3.8, 4) is 0 Å². The molecule has 1 aromatic rings. The van der Waals surface area contributed by atoms with Crippen molar-refractivity contribution in [2.24, 2.45) is 0 Å². The van der Waals surface area contributed by atoms with E-state index in [1.165, 1.54) is 0 Å². The van der Waals surface area contributed by atoms with Gasteiger partial charge >= 0.3 is 6.09 Å². The largest absolute Gasteiger partial charge is 0.444 e. The van der Waals surface area contributed by atoms with E-state index in [0.717, 1.165) is 5.30 Å². The molecule has 0 saturated carbocycles. The van der Waals surface area contributed by atoms with Crippen LogP contribution in [0.2, 0.25) is 0 Å². The van der Waals surface area contributed by atoms with Gasteiger partial charge in [-0.05, 0) is 45.7 Å². The summed E-state index contributed by atoms with van der Waals surface area (Å²) in [4.78, 5) is 11.8. The number of carbonyl (C=O) groups excluding carboxylic acids is 1. The molecule has 0 unspecified atom stereocenters. The van der Waals surface area contributed by atoms with Crippen molar-refractivity contribution in [2.75, 3.05) is 19.9 Å². The van der Waals surface area contributed by atoms with Crippen LogP contribution in [-0.2, 0) is 9.30 Å². The Hall–Kier alpha value is -0.840. The van der Waals surface area contributed by atoms with Crippen molar-refractivity contribution >= 4 is 34.5 Å². The first-order valence-corrected chi connectivity index (χ1v) is 10.3. The van der Waals surface area contributed by atoms with Crippen molar-refractivity contribution in [1.29, 1.82) is 0 Å². The Morgan fingerprint density at radius 2 is 2.00 bits per heavy atom. The van der Waals surface area contributed by atoms with E-state index in [2.05, 4.69) is 21.2 Å². The number of aliphatic hydroxyl groups is 1. The number of nitrogens with one attached hydrogen (secondary N) is 1. The van der Waals surface area contributed by atoms with Crippen LogP contribution < -0.4 is 10.6 Å². The molecule has 1 rings (SSSR count). The second-order valence-electron chi connectivity index (χ2n) is 6.44. The molecule has 0 radical (unpaired) electrons. The summed E-state index contributed by atoms with van der Waals surface area (Å²) in [6.07, 6.45) is -0.598. The Morgan fingerprint density at radius 1 is 1.41 bits per heavy atom. The van der Waals surface area contributed by atoms with Gasteiger partial charge in [-0.1, -0.05) is 28.1 Å².